The summed E-state index contributed by atoms with van der Waals surface area (Å²) >= 11 is 0. The largest absolute Gasteiger partial charge is 0.457 e. The monoisotopic (exact) mass is 391 g/mol. The molecule has 2 N–H and O–H groups in total. The van der Waals surface area contributed by atoms with Gasteiger partial charge < -0.3 is 20.3 Å². The van der Waals surface area contributed by atoms with Gasteiger partial charge >= 0.3 is 6.03 Å². The van der Waals surface area contributed by atoms with Gasteiger partial charge in [-0.15, -0.1) is 0 Å². The Morgan fingerprint density at radius 3 is 2.52 bits per heavy atom. The van der Waals surface area contributed by atoms with Crippen molar-refractivity contribution in [3.05, 3.63) is 67.0 Å². The van der Waals surface area contributed by atoms with Gasteiger partial charge in [-0.1, -0.05) is 18.2 Å². The van der Waals surface area contributed by atoms with E-state index in [4.69, 9.17) is 4.74 Å². The third-order valence-electron chi connectivity index (χ3n) is 4.55. The average Bonchev–Trinajstić information content (AvgIpc) is 3.28. The molecule has 29 heavy (non-hydrogen) atoms. The first-order chi connectivity index (χ1) is 14.1. The molecule has 2 heterocycles. The molecule has 1 aromatic heterocycles. The van der Waals surface area contributed by atoms with Crippen molar-refractivity contribution >= 4 is 23.3 Å². The highest BCUT2D eigenvalue weighted by atomic mass is 16.5. The van der Waals surface area contributed by atoms with Crippen molar-refractivity contribution in [3.63, 3.8) is 0 Å². The van der Waals surface area contributed by atoms with Crippen LogP contribution in [-0.2, 0) is 11.8 Å². The Morgan fingerprint density at radius 1 is 1.10 bits per heavy atom. The summed E-state index contributed by atoms with van der Waals surface area (Å²) in [6, 6.07) is 16.2. The fourth-order valence-corrected chi connectivity index (χ4v) is 3.21. The van der Waals surface area contributed by atoms with E-state index >= 15 is 0 Å². The summed E-state index contributed by atoms with van der Waals surface area (Å²) in [6.45, 7) is 0.415. The van der Waals surface area contributed by atoms with E-state index in [2.05, 4.69) is 15.7 Å². The van der Waals surface area contributed by atoms with Crippen LogP contribution >= 0.6 is 0 Å². The Balaban J connectivity index is 1.34. The zero-order chi connectivity index (χ0) is 20.2. The van der Waals surface area contributed by atoms with Crippen LogP contribution in [0.5, 0.6) is 11.5 Å². The molecule has 0 radical (unpaired) electrons. The topological polar surface area (TPSA) is 88.5 Å². The molecule has 1 aliphatic rings. The summed E-state index contributed by atoms with van der Waals surface area (Å²) in [5.74, 6) is 1.41. The molecule has 1 fully saturated rings. The number of aromatic nitrogens is 2. The fraction of sp³-hybridized carbons (Fsp3) is 0.190. The summed E-state index contributed by atoms with van der Waals surface area (Å²) in [7, 11) is 1.77. The zero-order valence-corrected chi connectivity index (χ0v) is 15.9. The highest BCUT2D eigenvalue weighted by molar-refractivity contribution is 5.97. The Morgan fingerprint density at radius 2 is 1.83 bits per heavy atom. The number of anilines is 2. The first-order valence-corrected chi connectivity index (χ1v) is 9.26. The average molecular weight is 391 g/mol. The van der Waals surface area contributed by atoms with Crippen molar-refractivity contribution in [1.29, 1.82) is 0 Å². The Hall–Kier alpha value is -3.81. The number of rotatable bonds is 5. The van der Waals surface area contributed by atoms with E-state index in [-0.39, 0.29) is 24.4 Å². The second-order valence-corrected chi connectivity index (χ2v) is 6.82. The molecule has 0 bridgehead atoms. The SMILES string of the molecule is Cn1cc(NC(=O)NC2CC(=O)N(c3ccc(Oc4ccccc4)cc3)C2)cn1. The lowest BCUT2D eigenvalue weighted by molar-refractivity contribution is -0.117. The molecule has 3 aromatic rings. The predicted molar refractivity (Wildman–Crippen MR) is 109 cm³/mol. The summed E-state index contributed by atoms with van der Waals surface area (Å²) in [5, 5.41) is 9.55. The first kappa shape index (κ1) is 18.5. The predicted octanol–water partition coefficient (Wildman–Crippen LogP) is 3.14. The van der Waals surface area contributed by atoms with E-state index in [1.807, 2.05) is 54.6 Å². The molecule has 0 aliphatic carbocycles. The van der Waals surface area contributed by atoms with E-state index in [0.29, 0.717) is 18.0 Å². The molecular weight excluding hydrogens is 370 g/mol. The molecule has 8 nitrogen and oxygen atoms in total. The van der Waals surface area contributed by atoms with Crippen LogP contribution in [-0.4, -0.2) is 34.3 Å². The third-order valence-corrected chi connectivity index (χ3v) is 4.55. The number of carbonyl (C=O) groups is 2. The molecule has 3 amide bonds. The number of nitrogens with one attached hydrogen (secondary N) is 2. The van der Waals surface area contributed by atoms with Gasteiger partial charge in [0.2, 0.25) is 5.91 Å². The van der Waals surface area contributed by atoms with Gasteiger partial charge in [-0.2, -0.15) is 5.10 Å². The van der Waals surface area contributed by atoms with Gasteiger partial charge in [-0.05, 0) is 36.4 Å². The second kappa shape index (κ2) is 8.05. The molecule has 148 valence electrons. The lowest BCUT2D eigenvalue weighted by atomic mass is 10.2. The maximum atomic E-state index is 12.4. The number of carbonyl (C=O) groups excluding carboxylic acids is 2. The number of aryl methyl sites for hydroxylation is 1. The van der Waals surface area contributed by atoms with Crippen molar-refractivity contribution in [3.8, 4) is 11.5 Å². The molecule has 8 heteroatoms. The molecule has 1 unspecified atom stereocenters. The van der Waals surface area contributed by atoms with E-state index in [0.717, 1.165) is 11.4 Å². The summed E-state index contributed by atoms with van der Waals surface area (Å²) in [4.78, 5) is 26.2. The first-order valence-electron chi connectivity index (χ1n) is 9.26. The molecular formula is C21H21N5O3. The van der Waals surface area contributed by atoms with E-state index in [1.165, 1.54) is 0 Å². The summed E-state index contributed by atoms with van der Waals surface area (Å²) in [5.41, 5.74) is 1.37. The molecule has 0 spiro atoms. The Kier molecular flexibility index (Phi) is 5.15. The lowest BCUT2D eigenvalue weighted by Gasteiger charge is -2.18. The molecule has 0 saturated carbocycles. The van der Waals surface area contributed by atoms with Gasteiger partial charge in [0.05, 0.1) is 17.9 Å². The number of benzene rings is 2. The van der Waals surface area contributed by atoms with Gasteiger partial charge in [-0.25, -0.2) is 4.79 Å². The molecule has 1 aliphatic heterocycles. The maximum absolute atomic E-state index is 12.4. The van der Waals surface area contributed by atoms with E-state index in [9.17, 15) is 9.59 Å². The summed E-state index contributed by atoms with van der Waals surface area (Å²) < 4.78 is 7.38. The van der Waals surface area contributed by atoms with Crippen molar-refractivity contribution in [2.75, 3.05) is 16.8 Å². The third kappa shape index (κ3) is 4.55. The zero-order valence-electron chi connectivity index (χ0n) is 15.9. The lowest BCUT2D eigenvalue weighted by Crippen LogP contribution is -2.39. The van der Waals surface area contributed by atoms with Crippen molar-refractivity contribution in [1.82, 2.24) is 15.1 Å². The van der Waals surface area contributed by atoms with Crippen molar-refractivity contribution < 1.29 is 14.3 Å². The van der Waals surface area contributed by atoms with Crippen LogP contribution in [0.1, 0.15) is 6.42 Å². The van der Waals surface area contributed by atoms with Gasteiger partial charge in [0, 0.05) is 31.9 Å². The number of hydrogen-bond acceptors (Lipinski definition) is 4. The molecule has 2 aromatic carbocycles. The maximum Gasteiger partial charge on any atom is 0.319 e. The highest BCUT2D eigenvalue weighted by Crippen LogP contribution is 2.27. The number of urea groups is 1. The number of ether oxygens (including phenoxy) is 1. The standard InChI is InChI=1S/C21H21N5O3/c1-25-13-16(12-22-25)24-21(28)23-15-11-20(27)26(14-15)17-7-9-19(10-8-17)29-18-5-3-2-4-6-18/h2-10,12-13,15H,11,14H2,1H3,(H2,23,24,28). The van der Waals surface area contributed by atoms with Gasteiger partial charge in [0.1, 0.15) is 11.5 Å². The molecule has 1 saturated heterocycles. The highest BCUT2D eigenvalue weighted by Gasteiger charge is 2.31. The fourth-order valence-electron chi connectivity index (χ4n) is 3.21. The van der Waals surface area contributed by atoms with Gasteiger partial charge in [-0.3, -0.25) is 9.48 Å². The van der Waals surface area contributed by atoms with Gasteiger partial charge in [0.15, 0.2) is 0 Å². The van der Waals surface area contributed by atoms with Crippen LogP contribution in [0, 0.1) is 0 Å². The van der Waals surface area contributed by atoms with Crippen LogP contribution < -0.4 is 20.3 Å². The van der Waals surface area contributed by atoms with Crippen LogP contribution in [0.25, 0.3) is 0 Å². The summed E-state index contributed by atoms with van der Waals surface area (Å²) in [6.07, 6.45) is 3.51. The Labute approximate surface area is 168 Å². The number of nitrogens with zero attached hydrogens (tertiary/aromatic N) is 3. The van der Waals surface area contributed by atoms with Crippen molar-refractivity contribution in [2.45, 2.75) is 12.5 Å². The van der Waals surface area contributed by atoms with E-state index < -0.39 is 0 Å². The molecule has 1 atom stereocenters. The minimum atomic E-state index is -0.357. The molecule has 4 rings (SSSR count). The second-order valence-electron chi connectivity index (χ2n) is 6.82. The van der Waals surface area contributed by atoms with Gasteiger partial charge in [0.25, 0.3) is 0 Å². The van der Waals surface area contributed by atoms with E-state index in [1.54, 1.807) is 29.0 Å². The minimum Gasteiger partial charge on any atom is -0.457 e. The number of amides is 3. The number of hydrogen-bond donors (Lipinski definition) is 2. The normalized spacial score (nSPS) is 16.0. The van der Waals surface area contributed by atoms with Crippen LogP contribution in [0.3, 0.4) is 0 Å². The van der Waals surface area contributed by atoms with Crippen LogP contribution in [0.2, 0.25) is 0 Å². The van der Waals surface area contributed by atoms with Crippen LogP contribution in [0.15, 0.2) is 67.0 Å². The quantitative estimate of drug-likeness (QED) is 0.699. The Bertz CT molecular complexity index is 1000. The smallest absolute Gasteiger partial charge is 0.319 e. The minimum absolute atomic E-state index is 0.0339. The number of para-hydroxylation sites is 1. The van der Waals surface area contributed by atoms with Crippen molar-refractivity contribution in [2.24, 2.45) is 7.05 Å². The van der Waals surface area contributed by atoms with Crippen LogP contribution in [0.4, 0.5) is 16.2 Å².